The molecule has 1 unspecified atom stereocenters. The number of likely N-dealkylation sites (tertiary alicyclic amines) is 1. The zero-order valence-electron chi connectivity index (χ0n) is 12.3. The summed E-state index contributed by atoms with van der Waals surface area (Å²) < 4.78 is 42.5. The molecule has 2 saturated heterocycles. The lowest BCUT2D eigenvalue weighted by atomic mass is 9.95. The minimum absolute atomic E-state index is 0.0571. The first kappa shape index (κ1) is 16.5. The SMILES string of the molecule is CC1(CNC(=O)C2CCN(CC(F)(F)F)CC2)CCCO1. The fourth-order valence-electron chi connectivity index (χ4n) is 3.00. The molecule has 0 saturated carbocycles. The molecule has 1 atom stereocenters. The molecule has 2 aliphatic rings. The largest absolute Gasteiger partial charge is 0.401 e. The lowest BCUT2D eigenvalue weighted by molar-refractivity contribution is -0.149. The van der Waals surface area contributed by atoms with Crippen LogP contribution in [0.3, 0.4) is 0 Å². The quantitative estimate of drug-likeness (QED) is 0.863. The number of hydrogen-bond acceptors (Lipinski definition) is 3. The Morgan fingerprint density at radius 3 is 2.57 bits per heavy atom. The Morgan fingerprint density at radius 2 is 2.05 bits per heavy atom. The van der Waals surface area contributed by atoms with Gasteiger partial charge in [0.2, 0.25) is 5.91 Å². The van der Waals surface area contributed by atoms with Crippen molar-refractivity contribution in [3.05, 3.63) is 0 Å². The molecule has 2 fully saturated rings. The second kappa shape index (κ2) is 6.52. The Morgan fingerprint density at radius 1 is 1.38 bits per heavy atom. The van der Waals surface area contributed by atoms with E-state index >= 15 is 0 Å². The number of ether oxygens (including phenoxy) is 1. The van der Waals surface area contributed by atoms with Crippen LogP contribution in [0.4, 0.5) is 13.2 Å². The Labute approximate surface area is 123 Å². The molecule has 2 heterocycles. The standard InChI is InChI=1S/C14H23F3N2O2/c1-13(5-2-8-21-13)9-18-12(20)11-3-6-19(7-4-11)10-14(15,16)17/h11H,2-10H2,1H3,(H,18,20). The molecule has 2 rings (SSSR count). The van der Waals surface area contributed by atoms with Gasteiger partial charge in [-0.3, -0.25) is 9.69 Å². The molecule has 1 N–H and O–H groups in total. The molecular formula is C14H23F3N2O2. The van der Waals surface area contributed by atoms with Crippen LogP contribution in [-0.4, -0.2) is 55.4 Å². The summed E-state index contributed by atoms with van der Waals surface area (Å²) in [7, 11) is 0. The molecule has 0 spiro atoms. The van der Waals surface area contributed by atoms with Gasteiger partial charge in [-0.05, 0) is 45.7 Å². The number of nitrogens with one attached hydrogen (secondary N) is 1. The second-order valence-corrected chi connectivity index (χ2v) is 6.29. The number of carbonyl (C=O) groups is 1. The van der Waals surface area contributed by atoms with Gasteiger partial charge in [-0.1, -0.05) is 0 Å². The molecule has 2 aliphatic heterocycles. The maximum absolute atomic E-state index is 12.3. The van der Waals surface area contributed by atoms with E-state index in [1.807, 2.05) is 6.92 Å². The molecule has 1 amide bonds. The van der Waals surface area contributed by atoms with Gasteiger partial charge in [0.25, 0.3) is 0 Å². The smallest absolute Gasteiger partial charge is 0.373 e. The van der Waals surface area contributed by atoms with E-state index < -0.39 is 12.7 Å². The fourth-order valence-corrected chi connectivity index (χ4v) is 3.00. The average molecular weight is 308 g/mol. The number of alkyl halides is 3. The first-order chi connectivity index (χ1) is 9.77. The van der Waals surface area contributed by atoms with Crippen molar-refractivity contribution in [2.75, 3.05) is 32.8 Å². The lowest BCUT2D eigenvalue weighted by Gasteiger charge is -2.32. The van der Waals surface area contributed by atoms with Crippen LogP contribution in [-0.2, 0) is 9.53 Å². The third-order valence-electron chi connectivity index (χ3n) is 4.30. The van der Waals surface area contributed by atoms with Crippen LogP contribution >= 0.6 is 0 Å². The molecule has 0 aromatic heterocycles. The third-order valence-corrected chi connectivity index (χ3v) is 4.30. The van der Waals surface area contributed by atoms with E-state index in [0.717, 1.165) is 19.4 Å². The van der Waals surface area contributed by atoms with Crippen LogP contribution in [0.15, 0.2) is 0 Å². The van der Waals surface area contributed by atoms with Crippen molar-refractivity contribution in [3.8, 4) is 0 Å². The number of nitrogens with zero attached hydrogens (tertiary/aromatic N) is 1. The maximum atomic E-state index is 12.3. The molecule has 0 aromatic rings. The number of hydrogen-bond donors (Lipinski definition) is 1. The van der Waals surface area contributed by atoms with Crippen LogP contribution in [0, 0.1) is 5.92 Å². The highest BCUT2D eigenvalue weighted by Gasteiger charge is 2.35. The molecule has 0 aliphatic carbocycles. The summed E-state index contributed by atoms with van der Waals surface area (Å²) in [5.74, 6) is -0.238. The van der Waals surface area contributed by atoms with Gasteiger partial charge in [0, 0.05) is 19.1 Å². The van der Waals surface area contributed by atoms with Crippen molar-refractivity contribution in [3.63, 3.8) is 0 Å². The summed E-state index contributed by atoms with van der Waals surface area (Å²) in [5.41, 5.74) is -0.285. The number of carbonyl (C=O) groups excluding carboxylic acids is 1. The summed E-state index contributed by atoms with van der Waals surface area (Å²) in [6.07, 6.45) is -1.26. The molecule has 0 aromatic carbocycles. The normalized spacial score (nSPS) is 28.8. The van der Waals surface area contributed by atoms with Crippen molar-refractivity contribution in [1.29, 1.82) is 0 Å². The predicted molar refractivity (Wildman–Crippen MR) is 71.8 cm³/mol. The average Bonchev–Trinajstić information content (AvgIpc) is 2.82. The van der Waals surface area contributed by atoms with Gasteiger partial charge >= 0.3 is 6.18 Å². The van der Waals surface area contributed by atoms with Crippen molar-refractivity contribution >= 4 is 5.91 Å². The van der Waals surface area contributed by atoms with E-state index in [4.69, 9.17) is 4.74 Å². The van der Waals surface area contributed by atoms with E-state index in [1.165, 1.54) is 4.90 Å². The van der Waals surface area contributed by atoms with E-state index in [-0.39, 0.29) is 17.4 Å². The molecule has 0 bridgehead atoms. The zero-order chi connectivity index (χ0) is 15.5. The van der Waals surface area contributed by atoms with Crippen LogP contribution in [0.2, 0.25) is 0 Å². The predicted octanol–water partition coefficient (Wildman–Crippen LogP) is 1.95. The van der Waals surface area contributed by atoms with E-state index in [9.17, 15) is 18.0 Å². The topological polar surface area (TPSA) is 41.6 Å². The summed E-state index contributed by atoms with van der Waals surface area (Å²) in [4.78, 5) is 13.4. The maximum Gasteiger partial charge on any atom is 0.401 e. The molecule has 122 valence electrons. The van der Waals surface area contributed by atoms with Gasteiger partial charge in [0.1, 0.15) is 0 Å². The second-order valence-electron chi connectivity index (χ2n) is 6.29. The molecule has 21 heavy (non-hydrogen) atoms. The van der Waals surface area contributed by atoms with Crippen LogP contribution < -0.4 is 5.32 Å². The van der Waals surface area contributed by atoms with Gasteiger partial charge < -0.3 is 10.1 Å². The lowest BCUT2D eigenvalue weighted by Crippen LogP contribution is -2.46. The molecule has 4 nitrogen and oxygen atoms in total. The highest BCUT2D eigenvalue weighted by atomic mass is 19.4. The van der Waals surface area contributed by atoms with Crippen LogP contribution in [0.5, 0.6) is 0 Å². The molecule has 7 heteroatoms. The van der Waals surface area contributed by atoms with Gasteiger partial charge in [0.05, 0.1) is 12.1 Å². The minimum atomic E-state index is -4.16. The minimum Gasteiger partial charge on any atom is -0.373 e. The van der Waals surface area contributed by atoms with Gasteiger partial charge in [-0.15, -0.1) is 0 Å². The Hall–Kier alpha value is -0.820. The number of amides is 1. The Kier molecular flexibility index (Phi) is 5.14. The summed E-state index contributed by atoms with van der Waals surface area (Å²) in [6.45, 7) is 2.95. The van der Waals surface area contributed by atoms with E-state index in [2.05, 4.69) is 5.32 Å². The number of rotatable bonds is 4. The van der Waals surface area contributed by atoms with E-state index in [1.54, 1.807) is 0 Å². The fraction of sp³-hybridized carbons (Fsp3) is 0.929. The zero-order valence-corrected chi connectivity index (χ0v) is 12.3. The van der Waals surface area contributed by atoms with Crippen LogP contribution in [0.1, 0.15) is 32.6 Å². The van der Waals surface area contributed by atoms with Crippen molar-refractivity contribution in [1.82, 2.24) is 10.2 Å². The van der Waals surface area contributed by atoms with Crippen molar-refractivity contribution < 1.29 is 22.7 Å². The van der Waals surface area contributed by atoms with Gasteiger partial charge in [-0.2, -0.15) is 13.2 Å². The first-order valence-electron chi connectivity index (χ1n) is 7.48. The van der Waals surface area contributed by atoms with Crippen LogP contribution in [0.25, 0.3) is 0 Å². The highest BCUT2D eigenvalue weighted by molar-refractivity contribution is 5.78. The number of halogens is 3. The molecule has 0 radical (unpaired) electrons. The Bertz CT molecular complexity index is 360. The van der Waals surface area contributed by atoms with E-state index in [0.29, 0.717) is 32.5 Å². The number of piperidine rings is 1. The summed E-state index contributed by atoms with van der Waals surface area (Å²) in [5, 5.41) is 2.89. The summed E-state index contributed by atoms with van der Waals surface area (Å²) in [6, 6.07) is 0. The van der Waals surface area contributed by atoms with Crippen molar-refractivity contribution in [2.45, 2.75) is 44.4 Å². The summed E-state index contributed by atoms with van der Waals surface area (Å²) >= 11 is 0. The monoisotopic (exact) mass is 308 g/mol. The van der Waals surface area contributed by atoms with Crippen molar-refractivity contribution in [2.24, 2.45) is 5.92 Å². The Balaban J connectivity index is 1.70. The van der Waals surface area contributed by atoms with Gasteiger partial charge in [-0.25, -0.2) is 0 Å². The highest BCUT2D eigenvalue weighted by Crippen LogP contribution is 2.25. The first-order valence-corrected chi connectivity index (χ1v) is 7.48. The third kappa shape index (κ3) is 5.14. The van der Waals surface area contributed by atoms with Gasteiger partial charge in [0.15, 0.2) is 0 Å². The molecular weight excluding hydrogens is 285 g/mol.